The molecule has 3 rings (SSSR count). The molecule has 23 heavy (non-hydrogen) atoms. The van der Waals surface area contributed by atoms with Crippen LogP contribution in [0.15, 0.2) is 12.3 Å². The summed E-state index contributed by atoms with van der Waals surface area (Å²) in [7, 11) is 1.73. The highest BCUT2D eigenvalue weighted by molar-refractivity contribution is 5.85. The number of alkyl halides is 2. The van der Waals surface area contributed by atoms with Gasteiger partial charge in [0, 0.05) is 19.9 Å². The van der Waals surface area contributed by atoms with Gasteiger partial charge in [-0.2, -0.15) is 13.9 Å². The van der Waals surface area contributed by atoms with Crippen molar-refractivity contribution in [3.8, 4) is 0 Å². The zero-order chi connectivity index (χ0) is 16.7. The Kier molecular flexibility index (Phi) is 4.14. The maximum Gasteiger partial charge on any atom is 0.352 e. The van der Waals surface area contributed by atoms with Crippen molar-refractivity contribution in [3.63, 3.8) is 0 Å². The average molecular weight is 329 g/mol. The first-order chi connectivity index (χ1) is 10.8. The average Bonchev–Trinajstić information content (AvgIpc) is 3.21. The molecule has 0 unspecified atom stereocenters. The van der Waals surface area contributed by atoms with Gasteiger partial charge in [0.25, 0.3) is 5.91 Å². The number of hydrogen-bond acceptors (Lipinski definition) is 4. The molecule has 1 aliphatic heterocycles. The van der Waals surface area contributed by atoms with Gasteiger partial charge >= 0.3 is 5.92 Å². The number of ether oxygens (including phenoxy) is 1. The second kappa shape index (κ2) is 5.83. The number of halogens is 2. The fourth-order valence-corrected chi connectivity index (χ4v) is 3.44. The summed E-state index contributed by atoms with van der Waals surface area (Å²) in [6, 6.07) is 1.17. The summed E-state index contributed by atoms with van der Waals surface area (Å²) in [6.45, 7) is 0.372. The molecule has 2 fully saturated rings. The SMILES string of the molecule is Cn1nccc1[C@H]1OCC[C@@H]1NC(=O)C(F)(F)C1(O)CCCC1. The molecular formula is C15H21F2N3O3. The minimum atomic E-state index is -3.80. The lowest BCUT2D eigenvalue weighted by molar-refractivity contribution is -0.191. The number of nitrogens with zero attached hydrogens (tertiary/aromatic N) is 2. The van der Waals surface area contributed by atoms with E-state index in [1.165, 1.54) is 0 Å². The normalized spacial score (nSPS) is 27.3. The fraction of sp³-hybridized carbons (Fsp3) is 0.733. The molecule has 1 saturated carbocycles. The Morgan fingerprint density at radius 1 is 1.52 bits per heavy atom. The number of rotatable bonds is 4. The van der Waals surface area contributed by atoms with E-state index < -0.39 is 29.6 Å². The van der Waals surface area contributed by atoms with E-state index >= 15 is 0 Å². The first-order valence-electron chi connectivity index (χ1n) is 7.86. The summed E-state index contributed by atoms with van der Waals surface area (Å²) in [5, 5.41) is 16.5. The van der Waals surface area contributed by atoms with Gasteiger partial charge in [-0.3, -0.25) is 9.48 Å². The predicted molar refractivity (Wildman–Crippen MR) is 76.8 cm³/mol. The van der Waals surface area contributed by atoms with E-state index in [2.05, 4.69) is 10.4 Å². The van der Waals surface area contributed by atoms with Crippen LogP contribution in [-0.4, -0.2) is 45.0 Å². The molecule has 2 heterocycles. The number of nitrogens with one attached hydrogen (secondary N) is 1. The standard InChI is InChI=1S/C15H21F2N3O3/c1-20-11(4-8-18-20)12-10(5-9-23-12)19-13(21)15(16,17)14(22)6-2-3-7-14/h4,8,10,12,22H,2-3,5-7,9H2,1H3,(H,19,21)/t10-,12-/m0/s1. The minimum absolute atomic E-state index is 0.0558. The first-order valence-corrected chi connectivity index (χ1v) is 7.86. The van der Waals surface area contributed by atoms with E-state index in [4.69, 9.17) is 4.74 Å². The van der Waals surface area contributed by atoms with Crippen LogP contribution >= 0.6 is 0 Å². The third-order valence-corrected chi connectivity index (χ3v) is 4.86. The summed E-state index contributed by atoms with van der Waals surface area (Å²) in [4.78, 5) is 12.1. The quantitative estimate of drug-likeness (QED) is 0.873. The zero-order valence-corrected chi connectivity index (χ0v) is 13.0. The van der Waals surface area contributed by atoms with Crippen LogP contribution in [0.1, 0.15) is 43.9 Å². The van der Waals surface area contributed by atoms with E-state index in [1.807, 2.05) is 0 Å². The van der Waals surface area contributed by atoms with Crippen molar-refractivity contribution < 1.29 is 23.4 Å². The molecule has 1 aliphatic carbocycles. The Balaban J connectivity index is 1.73. The molecule has 0 spiro atoms. The number of carbonyl (C=O) groups excluding carboxylic acids is 1. The molecule has 0 bridgehead atoms. The molecular weight excluding hydrogens is 308 g/mol. The van der Waals surface area contributed by atoms with Crippen molar-refractivity contribution >= 4 is 5.91 Å². The lowest BCUT2D eigenvalue weighted by atomic mass is 9.92. The van der Waals surface area contributed by atoms with Crippen LogP contribution in [-0.2, 0) is 16.6 Å². The molecule has 1 saturated heterocycles. The summed E-state index contributed by atoms with van der Waals surface area (Å²) < 4.78 is 35.9. The van der Waals surface area contributed by atoms with Gasteiger partial charge in [0.05, 0.1) is 11.7 Å². The highest BCUT2D eigenvalue weighted by Crippen LogP contribution is 2.42. The van der Waals surface area contributed by atoms with Gasteiger partial charge < -0.3 is 15.2 Å². The van der Waals surface area contributed by atoms with Crippen LogP contribution in [0.4, 0.5) is 8.78 Å². The number of hydrogen-bond donors (Lipinski definition) is 2. The first kappa shape index (κ1) is 16.3. The van der Waals surface area contributed by atoms with Crippen molar-refractivity contribution in [2.45, 2.75) is 55.8 Å². The smallest absolute Gasteiger partial charge is 0.352 e. The summed E-state index contributed by atoms with van der Waals surface area (Å²) in [5.74, 6) is -5.23. The number of carbonyl (C=O) groups is 1. The molecule has 1 amide bonds. The third kappa shape index (κ3) is 2.74. The lowest BCUT2D eigenvalue weighted by Crippen LogP contribution is -2.57. The third-order valence-electron chi connectivity index (χ3n) is 4.86. The van der Waals surface area contributed by atoms with E-state index in [0.29, 0.717) is 25.9 Å². The molecule has 0 radical (unpaired) electrons. The van der Waals surface area contributed by atoms with Crippen molar-refractivity contribution in [1.29, 1.82) is 0 Å². The van der Waals surface area contributed by atoms with Gasteiger partial charge in [-0.05, 0) is 25.3 Å². The molecule has 2 N–H and O–H groups in total. The number of aromatic nitrogens is 2. The van der Waals surface area contributed by atoms with Crippen molar-refractivity contribution in [1.82, 2.24) is 15.1 Å². The Morgan fingerprint density at radius 2 is 2.22 bits per heavy atom. The van der Waals surface area contributed by atoms with Gasteiger partial charge in [-0.25, -0.2) is 0 Å². The van der Waals surface area contributed by atoms with Crippen LogP contribution in [0, 0.1) is 0 Å². The Bertz CT molecular complexity index is 584. The molecule has 8 heteroatoms. The van der Waals surface area contributed by atoms with Crippen molar-refractivity contribution in [3.05, 3.63) is 18.0 Å². The van der Waals surface area contributed by atoms with Crippen molar-refractivity contribution in [2.24, 2.45) is 7.05 Å². The zero-order valence-electron chi connectivity index (χ0n) is 13.0. The molecule has 1 aromatic rings. The number of aryl methyl sites for hydroxylation is 1. The van der Waals surface area contributed by atoms with Crippen molar-refractivity contribution in [2.75, 3.05) is 6.61 Å². The molecule has 128 valence electrons. The van der Waals surface area contributed by atoms with E-state index in [-0.39, 0.29) is 12.8 Å². The van der Waals surface area contributed by atoms with Gasteiger partial charge in [0.1, 0.15) is 11.7 Å². The summed E-state index contributed by atoms with van der Waals surface area (Å²) in [6.07, 6.45) is 2.41. The van der Waals surface area contributed by atoms with Gasteiger partial charge in [-0.15, -0.1) is 0 Å². The minimum Gasteiger partial charge on any atom is -0.383 e. The lowest BCUT2D eigenvalue weighted by Gasteiger charge is -2.32. The summed E-state index contributed by atoms with van der Waals surface area (Å²) >= 11 is 0. The molecule has 2 atom stereocenters. The number of amides is 1. The highest BCUT2D eigenvalue weighted by Gasteiger charge is 2.59. The van der Waals surface area contributed by atoms with Crippen LogP contribution in [0.2, 0.25) is 0 Å². The second-order valence-electron chi connectivity index (χ2n) is 6.35. The topological polar surface area (TPSA) is 76.4 Å². The number of aliphatic hydroxyl groups is 1. The van der Waals surface area contributed by atoms with E-state index in [1.54, 1.807) is 24.0 Å². The van der Waals surface area contributed by atoms with E-state index in [9.17, 15) is 18.7 Å². The molecule has 6 nitrogen and oxygen atoms in total. The Labute approximate surface area is 132 Å². The fourth-order valence-electron chi connectivity index (χ4n) is 3.44. The monoisotopic (exact) mass is 329 g/mol. The second-order valence-corrected chi connectivity index (χ2v) is 6.35. The van der Waals surface area contributed by atoms with Crippen LogP contribution in [0.25, 0.3) is 0 Å². The maximum absolute atomic E-state index is 14.4. The Morgan fingerprint density at radius 3 is 2.83 bits per heavy atom. The van der Waals surface area contributed by atoms with Gasteiger partial charge in [0.15, 0.2) is 0 Å². The van der Waals surface area contributed by atoms with Gasteiger partial charge in [0.2, 0.25) is 0 Å². The predicted octanol–water partition coefficient (Wildman–Crippen LogP) is 1.31. The molecule has 2 aliphatic rings. The van der Waals surface area contributed by atoms with E-state index in [0.717, 1.165) is 5.69 Å². The largest absolute Gasteiger partial charge is 0.383 e. The van der Waals surface area contributed by atoms with Crippen LogP contribution < -0.4 is 5.32 Å². The maximum atomic E-state index is 14.4. The molecule has 0 aromatic carbocycles. The summed E-state index contributed by atoms with van der Waals surface area (Å²) in [5.41, 5.74) is -1.52. The van der Waals surface area contributed by atoms with Crippen LogP contribution in [0.5, 0.6) is 0 Å². The van der Waals surface area contributed by atoms with Gasteiger partial charge in [-0.1, -0.05) is 12.8 Å². The Hall–Kier alpha value is -1.54. The highest BCUT2D eigenvalue weighted by atomic mass is 19.3. The van der Waals surface area contributed by atoms with Crippen LogP contribution in [0.3, 0.4) is 0 Å². The molecule has 1 aromatic heterocycles.